The summed E-state index contributed by atoms with van der Waals surface area (Å²) in [4.78, 5) is 4.38. The predicted molar refractivity (Wildman–Crippen MR) is 130 cm³/mol. The minimum Gasteiger partial charge on any atom is -0.497 e. The number of halogens is 1. The van der Waals surface area contributed by atoms with Crippen molar-refractivity contribution in [2.24, 2.45) is 0 Å². The minimum atomic E-state index is -4.08. The first-order chi connectivity index (χ1) is 17.0. The first-order valence-corrected chi connectivity index (χ1v) is 12.6. The molecule has 1 N–H and O–H groups in total. The molecule has 0 fully saturated rings. The summed E-state index contributed by atoms with van der Waals surface area (Å²) in [7, 11) is -2.51. The Hall–Kier alpha value is -3.69. The molecule has 0 amide bonds. The summed E-state index contributed by atoms with van der Waals surface area (Å²) in [5.74, 6) is 1.66. The highest BCUT2D eigenvalue weighted by Gasteiger charge is 2.30. The zero-order chi connectivity index (χ0) is 24.4. The van der Waals surface area contributed by atoms with E-state index < -0.39 is 9.84 Å². The maximum Gasteiger partial charge on any atom is 0.234 e. The second-order valence-corrected chi connectivity index (χ2v) is 9.91. The highest BCUT2D eigenvalue weighted by molar-refractivity contribution is 7.91. The largest absolute Gasteiger partial charge is 0.497 e. The average Bonchev–Trinajstić information content (AvgIpc) is 3.33. The van der Waals surface area contributed by atoms with E-state index in [2.05, 4.69) is 10.3 Å². The molecule has 1 aliphatic rings. The van der Waals surface area contributed by atoms with Gasteiger partial charge in [-0.15, -0.1) is 0 Å². The van der Waals surface area contributed by atoms with Gasteiger partial charge in [0.05, 0.1) is 12.0 Å². The van der Waals surface area contributed by atoms with Crippen molar-refractivity contribution in [3.05, 3.63) is 77.3 Å². The quantitative estimate of drug-likeness (QED) is 0.360. The van der Waals surface area contributed by atoms with Gasteiger partial charge in [0.25, 0.3) is 0 Å². The number of anilines is 1. The normalized spacial score (nSPS) is 12.9. The monoisotopic (exact) mass is 512 g/mol. The van der Waals surface area contributed by atoms with Gasteiger partial charge in [-0.1, -0.05) is 29.8 Å². The number of aromatic nitrogens is 1. The van der Waals surface area contributed by atoms with Crippen molar-refractivity contribution in [2.75, 3.05) is 25.6 Å². The Kier molecular flexibility index (Phi) is 6.27. The second-order valence-electron chi connectivity index (χ2n) is 7.64. The molecule has 35 heavy (non-hydrogen) atoms. The number of methoxy groups -OCH3 is 1. The van der Waals surface area contributed by atoms with Crippen LogP contribution in [0.15, 0.2) is 81.1 Å². The van der Waals surface area contributed by atoms with Crippen molar-refractivity contribution >= 4 is 27.3 Å². The van der Waals surface area contributed by atoms with E-state index in [1.54, 1.807) is 43.5 Å². The number of benzene rings is 3. The molecule has 0 unspecified atom stereocenters. The Bertz CT molecular complexity index is 1470. The van der Waals surface area contributed by atoms with Crippen molar-refractivity contribution in [2.45, 2.75) is 16.5 Å². The molecule has 0 saturated carbocycles. The van der Waals surface area contributed by atoms with Gasteiger partial charge in [-0.25, -0.2) is 8.42 Å². The Morgan fingerprint density at radius 1 is 1.00 bits per heavy atom. The van der Waals surface area contributed by atoms with Gasteiger partial charge in [0.2, 0.25) is 26.6 Å². The molecule has 180 valence electrons. The molecule has 10 heteroatoms. The molecule has 1 aliphatic heterocycles. The van der Waals surface area contributed by atoms with Crippen LogP contribution in [0, 0.1) is 0 Å². The van der Waals surface area contributed by atoms with Crippen LogP contribution in [0.1, 0.15) is 5.56 Å². The number of nitrogens with zero attached hydrogens (tertiary/aromatic N) is 1. The van der Waals surface area contributed by atoms with Crippen molar-refractivity contribution in [1.82, 2.24) is 4.98 Å². The summed E-state index contributed by atoms with van der Waals surface area (Å²) in [5.41, 5.74) is 1.37. The highest BCUT2D eigenvalue weighted by Crippen LogP contribution is 2.37. The number of sulfone groups is 1. The number of fused-ring (bicyclic) bond motifs is 1. The SMILES string of the molecule is COc1ccc(-c2nc(S(=O)(=O)c3ccc4c(c3)OCCO4)c(NCc3ccccc3Cl)o2)cc1. The summed E-state index contributed by atoms with van der Waals surface area (Å²) in [6.07, 6.45) is 0. The average molecular weight is 513 g/mol. The fourth-order valence-corrected chi connectivity index (χ4v) is 5.07. The van der Waals surface area contributed by atoms with E-state index in [0.717, 1.165) is 5.56 Å². The molecule has 5 rings (SSSR count). The molecule has 0 radical (unpaired) electrons. The van der Waals surface area contributed by atoms with Gasteiger partial charge in [0.15, 0.2) is 11.5 Å². The summed E-state index contributed by atoms with van der Waals surface area (Å²) in [5, 5.41) is 3.35. The van der Waals surface area contributed by atoms with Gasteiger partial charge >= 0.3 is 0 Å². The Morgan fingerprint density at radius 3 is 2.49 bits per heavy atom. The maximum absolute atomic E-state index is 13.7. The number of rotatable bonds is 7. The topological polar surface area (TPSA) is 99.9 Å². The van der Waals surface area contributed by atoms with Gasteiger partial charge in [-0.2, -0.15) is 4.98 Å². The van der Waals surface area contributed by atoms with Crippen molar-refractivity contribution in [3.63, 3.8) is 0 Å². The number of oxazole rings is 1. The van der Waals surface area contributed by atoms with E-state index in [0.29, 0.717) is 41.0 Å². The van der Waals surface area contributed by atoms with E-state index >= 15 is 0 Å². The summed E-state index contributed by atoms with van der Waals surface area (Å²) >= 11 is 6.27. The van der Waals surface area contributed by atoms with E-state index in [1.807, 2.05) is 18.2 Å². The first kappa shape index (κ1) is 23.1. The number of nitrogens with one attached hydrogen (secondary N) is 1. The van der Waals surface area contributed by atoms with Crippen LogP contribution in [0.2, 0.25) is 5.02 Å². The van der Waals surface area contributed by atoms with E-state index in [4.69, 9.17) is 30.2 Å². The summed E-state index contributed by atoms with van der Waals surface area (Å²) < 4.78 is 49.5. The van der Waals surface area contributed by atoms with Crippen LogP contribution in [-0.4, -0.2) is 33.7 Å². The molecule has 4 aromatic rings. The number of hydrogen-bond donors (Lipinski definition) is 1. The molecule has 2 heterocycles. The molecule has 0 aliphatic carbocycles. The predicted octanol–water partition coefficient (Wildman–Crippen LogP) is 5.22. The third-order valence-corrected chi connectivity index (χ3v) is 7.44. The fraction of sp³-hybridized carbons (Fsp3) is 0.160. The molecular weight excluding hydrogens is 492 g/mol. The van der Waals surface area contributed by atoms with Crippen LogP contribution in [0.3, 0.4) is 0 Å². The van der Waals surface area contributed by atoms with Crippen LogP contribution >= 0.6 is 11.6 Å². The lowest BCUT2D eigenvalue weighted by atomic mass is 10.2. The lowest BCUT2D eigenvalue weighted by Gasteiger charge is -2.18. The van der Waals surface area contributed by atoms with Crippen LogP contribution in [0.25, 0.3) is 11.5 Å². The first-order valence-electron chi connectivity index (χ1n) is 10.7. The zero-order valence-corrected chi connectivity index (χ0v) is 20.2. The zero-order valence-electron chi connectivity index (χ0n) is 18.7. The summed E-state index contributed by atoms with van der Waals surface area (Å²) in [6, 6.07) is 18.7. The minimum absolute atomic E-state index is 0.00521. The van der Waals surface area contributed by atoms with Crippen LogP contribution < -0.4 is 19.5 Å². The van der Waals surface area contributed by atoms with Gasteiger partial charge < -0.3 is 23.9 Å². The molecule has 0 spiro atoms. The summed E-state index contributed by atoms with van der Waals surface area (Å²) in [6.45, 7) is 0.983. The van der Waals surface area contributed by atoms with Crippen LogP contribution in [0.5, 0.6) is 17.2 Å². The number of hydrogen-bond acceptors (Lipinski definition) is 8. The molecule has 0 atom stereocenters. The molecule has 0 saturated heterocycles. The third-order valence-electron chi connectivity index (χ3n) is 5.41. The Labute approximate surface area is 207 Å². The maximum atomic E-state index is 13.7. The molecular formula is C25H21ClN2O6S. The van der Waals surface area contributed by atoms with E-state index in [9.17, 15) is 8.42 Å². The Balaban J connectivity index is 1.55. The van der Waals surface area contributed by atoms with Gasteiger partial charge in [0.1, 0.15) is 19.0 Å². The van der Waals surface area contributed by atoms with Gasteiger partial charge in [0, 0.05) is 23.2 Å². The highest BCUT2D eigenvalue weighted by atomic mass is 35.5. The van der Waals surface area contributed by atoms with Crippen LogP contribution in [0.4, 0.5) is 5.88 Å². The van der Waals surface area contributed by atoms with Crippen molar-refractivity contribution in [1.29, 1.82) is 0 Å². The lowest BCUT2D eigenvalue weighted by Crippen LogP contribution is -2.16. The molecule has 8 nitrogen and oxygen atoms in total. The fourth-order valence-electron chi connectivity index (χ4n) is 3.58. The van der Waals surface area contributed by atoms with Crippen LogP contribution in [-0.2, 0) is 16.4 Å². The van der Waals surface area contributed by atoms with Crippen molar-refractivity contribution in [3.8, 4) is 28.7 Å². The third kappa shape index (κ3) is 4.65. The molecule has 3 aromatic carbocycles. The standard InChI is InChI=1S/C25H21ClN2O6S/c1-31-18-8-6-16(7-9-18)23-28-25(24(34-23)27-15-17-4-2-3-5-20(17)26)35(29,30)19-10-11-21-22(14-19)33-13-12-32-21/h2-11,14,27H,12-13,15H2,1H3. The molecule has 1 aromatic heterocycles. The van der Waals surface area contributed by atoms with Gasteiger partial charge in [-0.3, -0.25) is 0 Å². The van der Waals surface area contributed by atoms with E-state index in [1.165, 1.54) is 12.1 Å². The smallest absolute Gasteiger partial charge is 0.234 e. The lowest BCUT2D eigenvalue weighted by molar-refractivity contribution is 0.171. The van der Waals surface area contributed by atoms with Gasteiger partial charge in [-0.05, 0) is 48.0 Å². The van der Waals surface area contributed by atoms with E-state index in [-0.39, 0.29) is 28.2 Å². The second kappa shape index (κ2) is 9.52. The number of ether oxygens (including phenoxy) is 3. The Morgan fingerprint density at radius 2 is 1.74 bits per heavy atom. The molecule has 0 bridgehead atoms. The van der Waals surface area contributed by atoms with Crippen molar-refractivity contribution < 1.29 is 27.0 Å².